The summed E-state index contributed by atoms with van der Waals surface area (Å²) in [4.78, 5) is 20.3. The van der Waals surface area contributed by atoms with Crippen LogP contribution in [0.5, 0.6) is 5.75 Å². The van der Waals surface area contributed by atoms with Gasteiger partial charge in [-0.25, -0.2) is 0 Å². The summed E-state index contributed by atoms with van der Waals surface area (Å²) >= 11 is 0. The largest absolute Gasteiger partial charge is 0.438 e. The van der Waals surface area contributed by atoms with Crippen LogP contribution in [-0.4, -0.2) is 9.97 Å². The van der Waals surface area contributed by atoms with Crippen LogP contribution in [0, 0.1) is 18.3 Å². The number of H-pyrrole nitrogens is 1. The number of nitrogens with two attached hydrogens (primary N) is 1. The molecule has 0 unspecified atom stereocenters. The van der Waals surface area contributed by atoms with E-state index < -0.39 is 5.92 Å². The molecule has 0 aliphatic carbocycles. The number of nitrogens with one attached hydrogen (secondary N) is 1. The number of nitriles is 1. The molecule has 5 rings (SSSR count). The number of benzene rings is 2. The zero-order valence-electron chi connectivity index (χ0n) is 15.6. The molecular weight excluding hydrogens is 364 g/mol. The van der Waals surface area contributed by atoms with Crippen molar-refractivity contribution in [2.24, 2.45) is 5.73 Å². The van der Waals surface area contributed by atoms with Crippen LogP contribution in [-0.2, 0) is 0 Å². The molecule has 6 heteroatoms. The van der Waals surface area contributed by atoms with E-state index in [1.54, 1.807) is 6.20 Å². The van der Waals surface area contributed by atoms with Gasteiger partial charge in [0.05, 0.1) is 5.92 Å². The van der Waals surface area contributed by atoms with Gasteiger partial charge < -0.3 is 15.5 Å². The summed E-state index contributed by atoms with van der Waals surface area (Å²) in [5, 5.41) is 11.6. The second-order valence-electron chi connectivity index (χ2n) is 7.13. The van der Waals surface area contributed by atoms with Crippen molar-refractivity contribution >= 4 is 21.8 Å². The summed E-state index contributed by atoms with van der Waals surface area (Å²) in [6.45, 7) is 1.99. The number of ether oxygens (including phenoxy) is 1. The SMILES string of the molecule is Cc1ccc2[nH]c(=O)c([C@H]3C(C#N)=C(N)Oc4c3ccc3cccnc43)cc2c1. The quantitative estimate of drug-likeness (QED) is 0.525. The average Bonchev–Trinajstić information content (AvgIpc) is 2.72. The predicted molar refractivity (Wildman–Crippen MR) is 110 cm³/mol. The van der Waals surface area contributed by atoms with Crippen molar-refractivity contribution in [1.29, 1.82) is 5.26 Å². The van der Waals surface area contributed by atoms with Crippen LogP contribution in [0.15, 0.2) is 71.0 Å². The minimum Gasteiger partial charge on any atom is -0.438 e. The molecule has 1 aliphatic heterocycles. The van der Waals surface area contributed by atoms with Crippen LogP contribution in [0.25, 0.3) is 21.8 Å². The number of hydrogen-bond donors (Lipinski definition) is 2. The van der Waals surface area contributed by atoms with E-state index in [0.717, 1.165) is 21.9 Å². The van der Waals surface area contributed by atoms with Crippen molar-refractivity contribution < 1.29 is 4.74 Å². The Labute approximate surface area is 165 Å². The molecule has 0 spiro atoms. The first-order chi connectivity index (χ1) is 14.1. The molecule has 0 saturated heterocycles. The number of aryl methyl sites for hydroxylation is 1. The van der Waals surface area contributed by atoms with Gasteiger partial charge in [-0.05, 0) is 36.6 Å². The molecule has 0 radical (unpaired) electrons. The summed E-state index contributed by atoms with van der Waals surface area (Å²) < 4.78 is 5.81. The lowest BCUT2D eigenvalue weighted by Crippen LogP contribution is -2.25. The molecule has 6 nitrogen and oxygen atoms in total. The highest BCUT2D eigenvalue weighted by molar-refractivity contribution is 5.87. The minimum absolute atomic E-state index is 0.00751. The number of allylic oxidation sites excluding steroid dienone is 1. The van der Waals surface area contributed by atoms with E-state index in [0.29, 0.717) is 22.4 Å². The maximum atomic E-state index is 13.0. The van der Waals surface area contributed by atoms with E-state index in [1.165, 1.54) is 0 Å². The molecule has 4 aromatic rings. The Morgan fingerprint density at radius 1 is 1.14 bits per heavy atom. The second-order valence-corrected chi connectivity index (χ2v) is 7.13. The first-order valence-corrected chi connectivity index (χ1v) is 9.15. The minimum atomic E-state index is -0.635. The molecule has 1 atom stereocenters. The Morgan fingerprint density at radius 3 is 2.83 bits per heavy atom. The molecule has 2 aromatic heterocycles. The Hall–Kier alpha value is -4.11. The Balaban J connectivity index is 1.84. The zero-order chi connectivity index (χ0) is 20.1. The lowest BCUT2D eigenvalue weighted by molar-refractivity contribution is 0.397. The lowest BCUT2D eigenvalue weighted by atomic mass is 9.83. The Kier molecular flexibility index (Phi) is 3.65. The van der Waals surface area contributed by atoms with Crippen LogP contribution in [0.1, 0.15) is 22.6 Å². The predicted octanol–water partition coefficient (Wildman–Crippen LogP) is 3.60. The van der Waals surface area contributed by atoms with E-state index in [9.17, 15) is 10.1 Å². The van der Waals surface area contributed by atoms with Crippen molar-refractivity contribution in [3.05, 3.63) is 93.2 Å². The third-order valence-corrected chi connectivity index (χ3v) is 5.30. The molecule has 1 aliphatic rings. The van der Waals surface area contributed by atoms with Gasteiger partial charge in [-0.3, -0.25) is 9.78 Å². The first-order valence-electron chi connectivity index (χ1n) is 9.15. The molecule has 29 heavy (non-hydrogen) atoms. The van der Waals surface area contributed by atoms with Gasteiger partial charge in [-0.15, -0.1) is 0 Å². The molecule has 0 saturated carbocycles. The first kappa shape index (κ1) is 17.0. The fraction of sp³-hybridized carbons (Fsp3) is 0.0870. The molecule has 0 bridgehead atoms. The number of fused-ring (bicyclic) bond motifs is 4. The zero-order valence-corrected chi connectivity index (χ0v) is 15.6. The maximum Gasteiger partial charge on any atom is 0.252 e. The number of aromatic amines is 1. The summed E-state index contributed by atoms with van der Waals surface area (Å²) in [7, 11) is 0. The highest BCUT2D eigenvalue weighted by atomic mass is 16.5. The van der Waals surface area contributed by atoms with Gasteiger partial charge in [0.25, 0.3) is 5.56 Å². The lowest BCUT2D eigenvalue weighted by Gasteiger charge is -2.26. The highest BCUT2D eigenvalue weighted by Gasteiger charge is 2.33. The molecule has 0 amide bonds. The molecule has 140 valence electrons. The number of aromatic nitrogens is 2. The van der Waals surface area contributed by atoms with Crippen LogP contribution in [0.2, 0.25) is 0 Å². The topological polar surface area (TPSA) is 105 Å². The van der Waals surface area contributed by atoms with E-state index in [2.05, 4.69) is 16.0 Å². The highest BCUT2D eigenvalue weighted by Crippen LogP contribution is 2.44. The Bertz CT molecular complexity index is 1440. The molecule has 2 aromatic carbocycles. The third kappa shape index (κ3) is 2.56. The van der Waals surface area contributed by atoms with Crippen molar-refractivity contribution in [3.8, 4) is 11.8 Å². The maximum absolute atomic E-state index is 13.0. The molecule has 0 fully saturated rings. The van der Waals surface area contributed by atoms with E-state index in [4.69, 9.17) is 10.5 Å². The van der Waals surface area contributed by atoms with Gasteiger partial charge in [0.15, 0.2) is 5.75 Å². The molecular formula is C23H16N4O2. The molecule has 3 N–H and O–H groups in total. The van der Waals surface area contributed by atoms with Crippen molar-refractivity contribution in [1.82, 2.24) is 9.97 Å². The van der Waals surface area contributed by atoms with Gasteiger partial charge in [0, 0.05) is 28.2 Å². The van der Waals surface area contributed by atoms with E-state index in [-0.39, 0.29) is 17.0 Å². The fourth-order valence-electron chi connectivity index (χ4n) is 3.93. The summed E-state index contributed by atoms with van der Waals surface area (Å²) in [6.07, 6.45) is 1.67. The summed E-state index contributed by atoms with van der Waals surface area (Å²) in [5.41, 5.74) is 9.66. The van der Waals surface area contributed by atoms with Gasteiger partial charge in [-0.1, -0.05) is 29.8 Å². The van der Waals surface area contributed by atoms with E-state index in [1.807, 2.05) is 55.5 Å². The van der Waals surface area contributed by atoms with Crippen LogP contribution in [0.3, 0.4) is 0 Å². The number of pyridine rings is 2. The van der Waals surface area contributed by atoms with Gasteiger partial charge in [-0.2, -0.15) is 5.26 Å². The van der Waals surface area contributed by atoms with Gasteiger partial charge in [0.1, 0.15) is 17.2 Å². The molecule has 3 heterocycles. The van der Waals surface area contributed by atoms with E-state index >= 15 is 0 Å². The standard InChI is InChI=1S/C23H16N4O2/c1-12-4-7-18-14(9-12)10-16(23(28)27-18)19-15-6-5-13-3-2-8-26-20(13)21(15)29-22(25)17(19)11-24/h2-10,19H,25H2,1H3,(H,27,28)/t19-/m0/s1. The summed E-state index contributed by atoms with van der Waals surface area (Å²) in [6, 6.07) is 17.3. The van der Waals surface area contributed by atoms with Gasteiger partial charge >= 0.3 is 0 Å². The van der Waals surface area contributed by atoms with Crippen molar-refractivity contribution in [2.45, 2.75) is 12.8 Å². The Morgan fingerprint density at radius 2 is 2.00 bits per heavy atom. The third-order valence-electron chi connectivity index (χ3n) is 5.30. The van der Waals surface area contributed by atoms with Crippen molar-refractivity contribution in [2.75, 3.05) is 0 Å². The normalized spacial score (nSPS) is 15.8. The summed E-state index contributed by atoms with van der Waals surface area (Å²) in [5.74, 6) is -0.163. The number of nitrogens with zero attached hydrogens (tertiary/aromatic N) is 2. The average molecular weight is 380 g/mol. The van der Waals surface area contributed by atoms with Gasteiger partial charge in [0.2, 0.25) is 5.88 Å². The van der Waals surface area contributed by atoms with Crippen LogP contribution in [0.4, 0.5) is 0 Å². The second kappa shape index (κ2) is 6.21. The van der Waals surface area contributed by atoms with Crippen molar-refractivity contribution in [3.63, 3.8) is 0 Å². The fourth-order valence-corrected chi connectivity index (χ4v) is 3.93. The monoisotopic (exact) mass is 380 g/mol. The van der Waals surface area contributed by atoms with Crippen LogP contribution < -0.4 is 16.0 Å². The van der Waals surface area contributed by atoms with Crippen LogP contribution >= 0.6 is 0 Å². The smallest absolute Gasteiger partial charge is 0.252 e. The number of rotatable bonds is 1. The number of hydrogen-bond acceptors (Lipinski definition) is 5.